The van der Waals surface area contributed by atoms with E-state index in [4.69, 9.17) is 4.98 Å². The Morgan fingerprint density at radius 1 is 1.08 bits per heavy atom. The molecule has 3 fully saturated rings. The fourth-order valence-electron chi connectivity index (χ4n) is 6.44. The second-order valence-corrected chi connectivity index (χ2v) is 12.3. The molecule has 3 aromatic heterocycles. The first kappa shape index (κ1) is 22.9. The molecule has 0 spiro atoms. The molecule has 0 saturated heterocycles. The van der Waals surface area contributed by atoms with Crippen LogP contribution < -0.4 is 0 Å². The highest BCUT2D eigenvalue weighted by Crippen LogP contribution is 2.58. The first-order valence-electron chi connectivity index (χ1n) is 12.3. The van der Waals surface area contributed by atoms with E-state index in [0.29, 0.717) is 28.8 Å². The molecule has 36 heavy (non-hydrogen) atoms. The number of carbonyl (C=O) groups excluding carboxylic acids is 1. The van der Waals surface area contributed by atoms with Crippen LogP contribution in [0.5, 0.6) is 0 Å². The van der Waals surface area contributed by atoms with E-state index >= 15 is 0 Å². The van der Waals surface area contributed by atoms with Gasteiger partial charge in [0.15, 0.2) is 5.65 Å². The fourth-order valence-corrected chi connectivity index (χ4v) is 7.76. The van der Waals surface area contributed by atoms with Gasteiger partial charge in [0, 0.05) is 23.5 Å². The molecule has 1 aromatic carbocycles. The second-order valence-electron chi connectivity index (χ2n) is 10.5. The summed E-state index contributed by atoms with van der Waals surface area (Å²) in [6.45, 7) is 1.57. The summed E-state index contributed by atoms with van der Waals surface area (Å²) < 4.78 is 30.3. The molecule has 0 N–H and O–H groups in total. The van der Waals surface area contributed by atoms with Gasteiger partial charge in [-0.05, 0) is 69.1 Å². The number of rotatable bonds is 6. The van der Waals surface area contributed by atoms with Crippen LogP contribution in [0.1, 0.15) is 57.7 Å². The minimum absolute atomic E-state index is 0.0295. The van der Waals surface area contributed by atoms with Gasteiger partial charge in [0.2, 0.25) is 0 Å². The Morgan fingerprint density at radius 2 is 1.78 bits per heavy atom. The Labute approximate surface area is 209 Å². The number of hydrogen-bond donors (Lipinski definition) is 0. The lowest BCUT2D eigenvalue weighted by molar-refractivity contribution is -0.116. The zero-order chi connectivity index (χ0) is 25.1. The third-order valence-electron chi connectivity index (χ3n) is 8.36. The van der Waals surface area contributed by atoms with Gasteiger partial charge in [0.1, 0.15) is 17.1 Å². The monoisotopic (exact) mass is 501 g/mol. The maximum absolute atomic E-state index is 13.4. The van der Waals surface area contributed by atoms with Crippen LogP contribution in [0.2, 0.25) is 0 Å². The fraction of sp³-hybridized carbons (Fsp3) is 0.407. The summed E-state index contributed by atoms with van der Waals surface area (Å²) in [4.78, 5) is 21.8. The van der Waals surface area contributed by atoms with E-state index in [9.17, 15) is 18.5 Å². The van der Waals surface area contributed by atoms with Gasteiger partial charge in [0.05, 0.1) is 29.1 Å². The number of nitrogens with zero attached hydrogens (tertiary/aromatic N) is 5. The Morgan fingerprint density at radius 3 is 2.42 bits per heavy atom. The number of carbonyl (C=O) groups is 1. The van der Waals surface area contributed by atoms with Gasteiger partial charge >= 0.3 is 0 Å². The number of imidazole rings is 1. The molecule has 7 rings (SSSR count). The van der Waals surface area contributed by atoms with E-state index in [1.165, 1.54) is 3.97 Å². The summed E-state index contributed by atoms with van der Waals surface area (Å²) >= 11 is 0. The van der Waals surface area contributed by atoms with Gasteiger partial charge < -0.3 is 4.57 Å². The van der Waals surface area contributed by atoms with Crippen molar-refractivity contribution in [1.29, 1.82) is 5.26 Å². The molecule has 184 valence electrons. The van der Waals surface area contributed by atoms with Crippen molar-refractivity contribution in [2.24, 2.45) is 5.41 Å². The van der Waals surface area contributed by atoms with Crippen molar-refractivity contribution < 1.29 is 13.2 Å². The van der Waals surface area contributed by atoms with E-state index < -0.39 is 10.0 Å². The third kappa shape index (κ3) is 3.31. The molecule has 3 aliphatic rings. The molecule has 0 aliphatic heterocycles. The molecular weight excluding hydrogens is 474 g/mol. The van der Waals surface area contributed by atoms with Gasteiger partial charge in [0.25, 0.3) is 10.0 Å². The number of hydrogen-bond acceptors (Lipinski definition) is 6. The van der Waals surface area contributed by atoms with Crippen LogP contribution in [0.15, 0.2) is 53.7 Å². The van der Waals surface area contributed by atoms with Gasteiger partial charge in [-0.1, -0.05) is 18.2 Å². The number of aromatic nitrogens is 4. The van der Waals surface area contributed by atoms with Gasteiger partial charge in [-0.2, -0.15) is 5.26 Å². The molecular formula is C27H27N5O3S. The number of pyridine rings is 1. The highest BCUT2D eigenvalue weighted by molar-refractivity contribution is 7.90. The lowest BCUT2D eigenvalue weighted by atomic mass is 9.56. The highest BCUT2D eigenvalue weighted by Gasteiger charge is 2.50. The molecule has 8 nitrogen and oxygen atoms in total. The summed E-state index contributed by atoms with van der Waals surface area (Å²) in [5, 5.41) is 10.1. The van der Waals surface area contributed by atoms with Crippen molar-refractivity contribution in [2.45, 2.75) is 68.7 Å². The minimum Gasteiger partial charge on any atom is -0.321 e. The van der Waals surface area contributed by atoms with E-state index in [1.54, 1.807) is 55.7 Å². The highest BCUT2D eigenvalue weighted by atomic mass is 32.2. The molecule has 3 heterocycles. The predicted molar refractivity (Wildman–Crippen MR) is 135 cm³/mol. The van der Waals surface area contributed by atoms with E-state index in [-0.39, 0.29) is 28.1 Å². The summed E-state index contributed by atoms with van der Waals surface area (Å²) in [7, 11) is -3.83. The maximum Gasteiger partial charge on any atom is 0.269 e. The Hall–Kier alpha value is -3.51. The zero-order valence-corrected chi connectivity index (χ0v) is 21.0. The molecule has 0 amide bonds. The smallest absolute Gasteiger partial charge is 0.269 e. The van der Waals surface area contributed by atoms with Crippen LogP contribution in [-0.2, 0) is 26.8 Å². The minimum atomic E-state index is -3.83. The standard InChI is InChI=1S/C27H27N5O3S/c1-19(33)17-23-30-22-18-29-25-21(7-16-31(25)36(34,35)20-5-3-2-4-6-20)24(22)32(23)27-11-8-26(9-12-27,10-13-27)14-15-28/h2-7,16,18H,8-14,17H2,1H3. The second kappa shape index (κ2) is 8.00. The zero-order valence-electron chi connectivity index (χ0n) is 20.1. The first-order valence-corrected chi connectivity index (χ1v) is 13.8. The number of fused-ring (bicyclic) bond motifs is 6. The van der Waals surface area contributed by atoms with Crippen molar-refractivity contribution in [2.75, 3.05) is 0 Å². The normalized spacial score (nSPS) is 23.8. The molecule has 0 atom stereocenters. The summed E-state index contributed by atoms with van der Waals surface area (Å²) in [5.41, 5.74) is 1.75. The van der Waals surface area contributed by atoms with E-state index in [1.807, 2.05) is 0 Å². The third-order valence-corrected chi connectivity index (χ3v) is 10.0. The average Bonchev–Trinajstić information content (AvgIpc) is 3.47. The van der Waals surface area contributed by atoms with Gasteiger partial charge in [-0.3, -0.25) is 4.79 Å². The van der Waals surface area contributed by atoms with Crippen molar-refractivity contribution in [3.63, 3.8) is 0 Å². The summed E-state index contributed by atoms with van der Waals surface area (Å²) in [5.74, 6) is 0.738. The van der Waals surface area contributed by atoms with Gasteiger partial charge in [-0.15, -0.1) is 0 Å². The van der Waals surface area contributed by atoms with Crippen molar-refractivity contribution in [3.8, 4) is 6.07 Å². The number of benzene rings is 1. The Balaban J connectivity index is 1.56. The van der Waals surface area contributed by atoms with Crippen LogP contribution in [0, 0.1) is 16.7 Å². The lowest BCUT2D eigenvalue weighted by Gasteiger charge is -2.54. The Kier molecular flexibility index (Phi) is 5.09. The molecule has 0 radical (unpaired) electrons. The largest absolute Gasteiger partial charge is 0.321 e. The van der Waals surface area contributed by atoms with Crippen LogP contribution in [0.3, 0.4) is 0 Å². The number of ketones is 1. The molecule has 4 aromatic rings. The van der Waals surface area contributed by atoms with Crippen molar-refractivity contribution in [3.05, 3.63) is 54.6 Å². The Bertz CT molecular complexity index is 1640. The summed E-state index contributed by atoms with van der Waals surface area (Å²) in [6.07, 6.45) is 9.63. The topological polar surface area (TPSA) is 111 Å². The number of Topliss-reactive ketones (excluding diaryl/α,β-unsaturated/α-hetero) is 1. The predicted octanol–water partition coefficient (Wildman–Crippen LogP) is 4.72. The van der Waals surface area contributed by atoms with Crippen LogP contribution >= 0.6 is 0 Å². The van der Waals surface area contributed by atoms with Crippen molar-refractivity contribution >= 4 is 37.9 Å². The molecule has 3 aliphatic carbocycles. The van der Waals surface area contributed by atoms with E-state index in [2.05, 4.69) is 15.6 Å². The molecule has 3 saturated carbocycles. The molecule has 0 unspecified atom stereocenters. The average molecular weight is 502 g/mol. The van der Waals surface area contributed by atoms with Crippen LogP contribution in [0.4, 0.5) is 0 Å². The van der Waals surface area contributed by atoms with Crippen LogP contribution in [-0.4, -0.2) is 32.7 Å². The molecule has 9 heteroatoms. The van der Waals surface area contributed by atoms with Gasteiger partial charge in [-0.25, -0.2) is 22.4 Å². The quantitative estimate of drug-likeness (QED) is 0.378. The number of nitriles is 1. The first-order chi connectivity index (χ1) is 17.3. The van der Waals surface area contributed by atoms with Crippen molar-refractivity contribution in [1.82, 2.24) is 18.5 Å². The molecule has 2 bridgehead atoms. The maximum atomic E-state index is 13.4. The van der Waals surface area contributed by atoms with E-state index in [0.717, 1.165) is 44.0 Å². The lowest BCUT2D eigenvalue weighted by Crippen LogP contribution is -2.48. The van der Waals surface area contributed by atoms with Crippen LogP contribution in [0.25, 0.3) is 22.1 Å². The SMILES string of the molecule is CC(=O)Cc1nc2cnc3c(ccn3S(=O)(=O)c3ccccc3)c2n1C12CCC(CC#N)(CC1)CC2. The summed E-state index contributed by atoms with van der Waals surface area (Å²) in [6, 6.07) is 12.5.